The number of primary amides is 1. The van der Waals surface area contributed by atoms with Gasteiger partial charge in [-0.1, -0.05) is 0 Å². The van der Waals surface area contributed by atoms with Crippen LogP contribution in [0.4, 0.5) is 5.82 Å². The predicted octanol–water partition coefficient (Wildman–Crippen LogP) is -0.357. The van der Waals surface area contributed by atoms with Gasteiger partial charge in [0, 0.05) is 18.9 Å². The molecule has 7 nitrogen and oxygen atoms in total. The summed E-state index contributed by atoms with van der Waals surface area (Å²) in [6, 6.07) is 1.86. The smallest absolute Gasteiger partial charge is 0.243 e. The summed E-state index contributed by atoms with van der Waals surface area (Å²) in [4.78, 5) is 14.6. The number of nitrogens with zero attached hydrogens (tertiary/aromatic N) is 3. The fourth-order valence-corrected chi connectivity index (χ4v) is 1.41. The van der Waals surface area contributed by atoms with E-state index in [0.717, 1.165) is 11.3 Å². The van der Waals surface area contributed by atoms with Gasteiger partial charge in [-0.2, -0.15) is 5.10 Å². The van der Waals surface area contributed by atoms with Crippen LogP contribution in [0.3, 0.4) is 0 Å². The van der Waals surface area contributed by atoms with E-state index in [1.54, 1.807) is 23.1 Å². The Bertz CT molecular complexity index is 510. The first-order valence-corrected chi connectivity index (χ1v) is 5.15. The van der Waals surface area contributed by atoms with Crippen molar-refractivity contribution in [1.82, 2.24) is 14.6 Å². The molecule has 90 valence electrons. The molecule has 0 bridgehead atoms. The maximum Gasteiger partial charge on any atom is 0.243 e. The fourth-order valence-electron chi connectivity index (χ4n) is 1.41. The number of aromatic nitrogens is 3. The van der Waals surface area contributed by atoms with Gasteiger partial charge in [-0.25, -0.2) is 9.50 Å². The molecule has 0 aromatic carbocycles. The number of nitrogens with two attached hydrogens (primary N) is 1. The molecule has 0 unspecified atom stereocenters. The summed E-state index contributed by atoms with van der Waals surface area (Å²) in [5.74, 6) is 0.258. The first-order chi connectivity index (χ1) is 8.27. The number of anilines is 1. The second-order valence-corrected chi connectivity index (χ2v) is 3.38. The van der Waals surface area contributed by atoms with Crippen molar-refractivity contribution in [2.75, 3.05) is 25.1 Å². The third-order valence-corrected chi connectivity index (χ3v) is 2.11. The molecular formula is C10H13N5O2. The van der Waals surface area contributed by atoms with Crippen molar-refractivity contribution in [2.24, 2.45) is 5.73 Å². The van der Waals surface area contributed by atoms with Crippen LogP contribution >= 0.6 is 0 Å². The van der Waals surface area contributed by atoms with E-state index in [-0.39, 0.29) is 6.61 Å². The average Bonchev–Trinajstić information content (AvgIpc) is 2.77. The Hall–Kier alpha value is -2.15. The molecule has 2 aromatic rings. The van der Waals surface area contributed by atoms with Crippen molar-refractivity contribution in [3.8, 4) is 0 Å². The number of ether oxygens (including phenoxy) is 1. The van der Waals surface area contributed by atoms with Crippen molar-refractivity contribution in [3.63, 3.8) is 0 Å². The zero-order valence-corrected chi connectivity index (χ0v) is 9.17. The predicted molar refractivity (Wildman–Crippen MR) is 61.5 cm³/mol. The zero-order valence-electron chi connectivity index (χ0n) is 9.17. The van der Waals surface area contributed by atoms with Gasteiger partial charge in [0.05, 0.1) is 12.8 Å². The monoisotopic (exact) mass is 235 g/mol. The van der Waals surface area contributed by atoms with Crippen LogP contribution in [0.2, 0.25) is 0 Å². The van der Waals surface area contributed by atoms with Crippen molar-refractivity contribution in [1.29, 1.82) is 0 Å². The van der Waals surface area contributed by atoms with E-state index in [0.29, 0.717) is 13.2 Å². The molecule has 2 heterocycles. The zero-order chi connectivity index (χ0) is 12.1. The van der Waals surface area contributed by atoms with E-state index >= 15 is 0 Å². The Kier molecular flexibility index (Phi) is 3.51. The van der Waals surface area contributed by atoms with Crippen molar-refractivity contribution < 1.29 is 9.53 Å². The normalized spacial score (nSPS) is 10.6. The molecule has 0 saturated carbocycles. The highest BCUT2D eigenvalue weighted by Gasteiger charge is 2.01. The maximum absolute atomic E-state index is 10.4. The summed E-state index contributed by atoms with van der Waals surface area (Å²) in [6.45, 7) is 0.872. The highest BCUT2D eigenvalue weighted by Crippen LogP contribution is 2.11. The standard InChI is InChI=1S/C10H13N5O2/c11-9(16)7-17-6-4-13-10-8-1-2-14-15(8)5-3-12-10/h1-3,5H,4,6-7H2,(H2,11,16)(H,12,13). The van der Waals surface area contributed by atoms with Crippen LogP contribution in [0.15, 0.2) is 24.7 Å². The fraction of sp³-hybridized carbons (Fsp3) is 0.300. The van der Waals surface area contributed by atoms with Crippen LogP contribution in [0.25, 0.3) is 5.52 Å². The highest BCUT2D eigenvalue weighted by molar-refractivity contribution is 5.75. The van der Waals surface area contributed by atoms with Crippen LogP contribution in [0, 0.1) is 0 Å². The van der Waals surface area contributed by atoms with Crippen molar-refractivity contribution in [2.45, 2.75) is 0 Å². The van der Waals surface area contributed by atoms with Gasteiger partial charge >= 0.3 is 0 Å². The third-order valence-electron chi connectivity index (χ3n) is 2.11. The Morgan fingerprint density at radius 3 is 3.24 bits per heavy atom. The van der Waals surface area contributed by atoms with Crippen LogP contribution in [-0.4, -0.2) is 40.3 Å². The van der Waals surface area contributed by atoms with Gasteiger partial charge in [-0.3, -0.25) is 4.79 Å². The second kappa shape index (κ2) is 5.26. The van der Waals surface area contributed by atoms with Crippen molar-refractivity contribution in [3.05, 3.63) is 24.7 Å². The summed E-state index contributed by atoms with van der Waals surface area (Å²) < 4.78 is 6.74. The van der Waals surface area contributed by atoms with E-state index in [9.17, 15) is 4.79 Å². The number of nitrogens with one attached hydrogen (secondary N) is 1. The van der Waals surface area contributed by atoms with Gasteiger partial charge in [0.25, 0.3) is 0 Å². The average molecular weight is 235 g/mol. The van der Waals surface area contributed by atoms with E-state index in [4.69, 9.17) is 10.5 Å². The molecule has 1 amide bonds. The molecule has 0 aliphatic heterocycles. The molecular weight excluding hydrogens is 222 g/mol. The molecule has 7 heteroatoms. The van der Waals surface area contributed by atoms with Gasteiger partial charge in [-0.05, 0) is 6.07 Å². The Morgan fingerprint density at radius 2 is 2.41 bits per heavy atom. The molecule has 0 fully saturated rings. The van der Waals surface area contributed by atoms with Gasteiger partial charge in [0.15, 0.2) is 5.82 Å². The molecule has 0 atom stereocenters. The minimum Gasteiger partial charge on any atom is -0.370 e. The highest BCUT2D eigenvalue weighted by atomic mass is 16.5. The molecule has 3 N–H and O–H groups in total. The Balaban J connectivity index is 1.86. The number of rotatable bonds is 6. The van der Waals surface area contributed by atoms with E-state index in [1.165, 1.54) is 0 Å². The lowest BCUT2D eigenvalue weighted by atomic mass is 10.4. The lowest BCUT2D eigenvalue weighted by Crippen LogP contribution is -2.20. The molecule has 0 radical (unpaired) electrons. The molecule has 0 saturated heterocycles. The van der Waals surface area contributed by atoms with Gasteiger partial charge in [0.1, 0.15) is 12.1 Å². The molecule has 0 aliphatic rings. The maximum atomic E-state index is 10.4. The number of fused-ring (bicyclic) bond motifs is 1. The van der Waals surface area contributed by atoms with Gasteiger partial charge in [-0.15, -0.1) is 0 Å². The van der Waals surface area contributed by atoms with Gasteiger partial charge < -0.3 is 15.8 Å². The first kappa shape index (κ1) is 11.3. The first-order valence-electron chi connectivity index (χ1n) is 5.15. The lowest BCUT2D eigenvalue weighted by molar-refractivity contribution is -0.122. The summed E-state index contributed by atoms with van der Waals surface area (Å²) in [5, 5.41) is 7.19. The number of hydrogen-bond donors (Lipinski definition) is 2. The topological polar surface area (TPSA) is 94.5 Å². The number of amides is 1. The lowest BCUT2D eigenvalue weighted by Gasteiger charge is -2.06. The minimum atomic E-state index is -0.471. The number of hydrogen-bond acceptors (Lipinski definition) is 5. The van der Waals surface area contributed by atoms with Crippen LogP contribution < -0.4 is 11.1 Å². The number of carbonyl (C=O) groups excluding carboxylic acids is 1. The number of carbonyl (C=O) groups is 1. The van der Waals surface area contributed by atoms with E-state index in [2.05, 4.69) is 15.4 Å². The molecule has 2 aromatic heterocycles. The van der Waals surface area contributed by atoms with Crippen molar-refractivity contribution >= 4 is 17.2 Å². The molecule has 0 aliphatic carbocycles. The summed E-state index contributed by atoms with van der Waals surface area (Å²) >= 11 is 0. The molecule has 0 spiro atoms. The Labute approximate surface area is 97.6 Å². The molecule has 17 heavy (non-hydrogen) atoms. The summed E-state index contributed by atoms with van der Waals surface area (Å²) in [5.41, 5.74) is 5.83. The Morgan fingerprint density at radius 1 is 1.53 bits per heavy atom. The van der Waals surface area contributed by atoms with E-state index in [1.807, 2.05) is 6.07 Å². The summed E-state index contributed by atoms with van der Waals surface area (Å²) in [6.07, 6.45) is 5.13. The van der Waals surface area contributed by atoms with Crippen LogP contribution in [0.5, 0.6) is 0 Å². The van der Waals surface area contributed by atoms with E-state index < -0.39 is 5.91 Å². The largest absolute Gasteiger partial charge is 0.370 e. The van der Waals surface area contributed by atoms with Crippen LogP contribution in [0.1, 0.15) is 0 Å². The third kappa shape index (κ3) is 2.91. The van der Waals surface area contributed by atoms with Gasteiger partial charge in [0.2, 0.25) is 5.91 Å². The summed E-state index contributed by atoms with van der Waals surface area (Å²) in [7, 11) is 0. The SMILES string of the molecule is NC(=O)COCCNc1nccn2nccc12. The van der Waals surface area contributed by atoms with Crippen LogP contribution in [-0.2, 0) is 9.53 Å². The minimum absolute atomic E-state index is 0.0635. The molecule has 2 rings (SSSR count). The second-order valence-electron chi connectivity index (χ2n) is 3.38. The quantitative estimate of drug-likeness (QED) is 0.667.